The van der Waals surface area contributed by atoms with E-state index in [-0.39, 0.29) is 18.9 Å². The molecule has 2 aromatic rings. The number of anilines is 1. The lowest BCUT2D eigenvalue weighted by molar-refractivity contribution is -0.128. The number of nitrogens with zero attached hydrogens (tertiary/aromatic N) is 3. The first-order valence-corrected chi connectivity index (χ1v) is 7.40. The van der Waals surface area contributed by atoms with Gasteiger partial charge in [-0.1, -0.05) is 23.7 Å². The summed E-state index contributed by atoms with van der Waals surface area (Å²) in [5, 5.41) is 9.99. The van der Waals surface area contributed by atoms with Crippen molar-refractivity contribution in [2.24, 2.45) is 0 Å². The summed E-state index contributed by atoms with van der Waals surface area (Å²) in [5.41, 5.74) is 1.25. The third kappa shape index (κ3) is 4.72. The Hall–Kier alpha value is -2.54. The van der Waals surface area contributed by atoms with Gasteiger partial charge in [-0.25, -0.2) is 9.48 Å². The maximum atomic E-state index is 11.8. The minimum Gasteiger partial charge on any atom is -0.349 e. The van der Waals surface area contributed by atoms with Gasteiger partial charge in [0.1, 0.15) is 0 Å². The summed E-state index contributed by atoms with van der Waals surface area (Å²) in [6.07, 6.45) is 3.43. The molecule has 1 heterocycles. The molecule has 0 unspecified atom stereocenters. The summed E-state index contributed by atoms with van der Waals surface area (Å²) in [5.74, 6) is -0.0446. The van der Waals surface area contributed by atoms with Crippen LogP contribution in [-0.4, -0.2) is 47.3 Å². The number of nitrogens with one attached hydrogen (secondary N) is 2. The number of aromatic nitrogens is 2. The molecule has 1 aromatic heterocycles. The Balaban J connectivity index is 1.88. The van der Waals surface area contributed by atoms with Gasteiger partial charge in [-0.05, 0) is 12.1 Å². The van der Waals surface area contributed by atoms with Crippen LogP contribution in [0.1, 0.15) is 6.42 Å². The van der Waals surface area contributed by atoms with E-state index in [9.17, 15) is 9.59 Å². The van der Waals surface area contributed by atoms with Crippen LogP contribution in [-0.2, 0) is 4.79 Å². The first kappa shape index (κ1) is 16.8. The fraction of sp³-hybridized carbons (Fsp3) is 0.267. The molecule has 0 bridgehead atoms. The second kappa shape index (κ2) is 7.64. The largest absolute Gasteiger partial charge is 0.349 e. The van der Waals surface area contributed by atoms with Gasteiger partial charge in [-0.15, -0.1) is 0 Å². The molecule has 0 aliphatic carbocycles. The summed E-state index contributed by atoms with van der Waals surface area (Å²) in [4.78, 5) is 24.6. The molecule has 0 spiro atoms. The van der Waals surface area contributed by atoms with Crippen molar-refractivity contribution >= 4 is 29.2 Å². The minimum absolute atomic E-state index is 0.0446. The zero-order chi connectivity index (χ0) is 16.8. The number of carbonyl (C=O) groups excluding carboxylic acids is 2. The predicted molar refractivity (Wildman–Crippen MR) is 88.9 cm³/mol. The van der Waals surface area contributed by atoms with E-state index >= 15 is 0 Å². The van der Waals surface area contributed by atoms with Gasteiger partial charge >= 0.3 is 6.03 Å². The molecule has 8 heteroatoms. The number of halogens is 1. The van der Waals surface area contributed by atoms with Crippen molar-refractivity contribution in [1.29, 1.82) is 0 Å². The molecule has 3 amide bonds. The molecule has 0 saturated carbocycles. The number of amides is 3. The number of benzene rings is 1. The number of rotatable bonds is 5. The van der Waals surface area contributed by atoms with Gasteiger partial charge < -0.3 is 15.5 Å². The fourth-order valence-electron chi connectivity index (χ4n) is 1.84. The summed E-state index contributed by atoms with van der Waals surface area (Å²) < 4.78 is 1.58. The molecule has 7 nitrogen and oxygen atoms in total. The highest BCUT2D eigenvalue weighted by molar-refractivity contribution is 6.32. The topological polar surface area (TPSA) is 79.3 Å². The highest BCUT2D eigenvalue weighted by Gasteiger charge is 2.08. The van der Waals surface area contributed by atoms with Crippen molar-refractivity contribution in [3.8, 4) is 5.69 Å². The van der Waals surface area contributed by atoms with Crippen molar-refractivity contribution in [2.75, 3.05) is 26.0 Å². The quantitative estimate of drug-likeness (QED) is 0.878. The van der Waals surface area contributed by atoms with Crippen LogP contribution in [0.4, 0.5) is 10.5 Å². The predicted octanol–water partition coefficient (Wildman–Crippen LogP) is 2.13. The molecule has 0 aliphatic rings. The van der Waals surface area contributed by atoms with Crippen LogP contribution >= 0.6 is 11.6 Å². The standard InChI is InChI=1S/C15H18ClN5O2/c1-20(2)14(22)7-8-17-15(23)19-11-9-18-21(10-11)13-6-4-3-5-12(13)16/h3-6,9-10H,7-8H2,1-2H3,(H2,17,19,23). The van der Waals surface area contributed by atoms with E-state index in [1.807, 2.05) is 18.2 Å². The average molecular weight is 336 g/mol. The molecular weight excluding hydrogens is 318 g/mol. The Morgan fingerprint density at radius 1 is 1.30 bits per heavy atom. The summed E-state index contributed by atoms with van der Waals surface area (Å²) >= 11 is 6.10. The number of hydrogen-bond acceptors (Lipinski definition) is 3. The zero-order valence-electron chi connectivity index (χ0n) is 12.9. The Morgan fingerprint density at radius 2 is 2.04 bits per heavy atom. The third-order valence-electron chi connectivity index (χ3n) is 3.06. The Kier molecular flexibility index (Phi) is 5.59. The second-order valence-electron chi connectivity index (χ2n) is 5.04. The van der Waals surface area contributed by atoms with E-state index in [4.69, 9.17) is 11.6 Å². The molecule has 2 N–H and O–H groups in total. The number of hydrogen-bond donors (Lipinski definition) is 2. The van der Waals surface area contributed by atoms with Gasteiger partial charge in [0.25, 0.3) is 0 Å². The number of urea groups is 1. The molecule has 0 aliphatic heterocycles. The van der Waals surface area contributed by atoms with Crippen LogP contribution in [0.15, 0.2) is 36.7 Å². The summed E-state index contributed by atoms with van der Waals surface area (Å²) in [6.45, 7) is 0.265. The SMILES string of the molecule is CN(C)C(=O)CCNC(=O)Nc1cnn(-c2ccccc2Cl)c1. The lowest BCUT2D eigenvalue weighted by Crippen LogP contribution is -2.32. The van der Waals surface area contributed by atoms with E-state index in [1.165, 1.54) is 11.1 Å². The number of para-hydroxylation sites is 1. The number of carbonyl (C=O) groups is 2. The maximum absolute atomic E-state index is 11.8. The smallest absolute Gasteiger partial charge is 0.319 e. The van der Waals surface area contributed by atoms with E-state index < -0.39 is 6.03 Å². The molecule has 1 aromatic carbocycles. The lowest BCUT2D eigenvalue weighted by Gasteiger charge is -2.10. The summed E-state index contributed by atoms with van der Waals surface area (Å²) in [6, 6.07) is 6.88. The minimum atomic E-state index is -0.393. The third-order valence-corrected chi connectivity index (χ3v) is 3.38. The van der Waals surface area contributed by atoms with Crippen molar-refractivity contribution in [3.63, 3.8) is 0 Å². The Bertz CT molecular complexity index is 699. The van der Waals surface area contributed by atoms with E-state index in [2.05, 4.69) is 15.7 Å². The van der Waals surface area contributed by atoms with Gasteiger partial charge in [0, 0.05) is 27.1 Å². The van der Waals surface area contributed by atoms with Crippen LogP contribution in [0.5, 0.6) is 0 Å². The van der Waals surface area contributed by atoms with E-state index in [1.54, 1.807) is 31.0 Å². The zero-order valence-corrected chi connectivity index (χ0v) is 13.7. The molecule has 122 valence electrons. The molecular formula is C15H18ClN5O2. The van der Waals surface area contributed by atoms with Crippen LogP contribution < -0.4 is 10.6 Å². The molecule has 0 fully saturated rings. The van der Waals surface area contributed by atoms with E-state index in [0.29, 0.717) is 10.7 Å². The first-order chi connectivity index (χ1) is 11.0. The molecule has 0 radical (unpaired) electrons. The van der Waals surface area contributed by atoms with Gasteiger partial charge in [0.2, 0.25) is 5.91 Å². The maximum Gasteiger partial charge on any atom is 0.319 e. The van der Waals surface area contributed by atoms with Crippen molar-refractivity contribution in [3.05, 3.63) is 41.7 Å². The fourth-order valence-corrected chi connectivity index (χ4v) is 2.06. The monoisotopic (exact) mass is 335 g/mol. The van der Waals surface area contributed by atoms with Crippen LogP contribution in [0, 0.1) is 0 Å². The van der Waals surface area contributed by atoms with Crippen molar-refractivity contribution in [1.82, 2.24) is 20.0 Å². The van der Waals surface area contributed by atoms with Gasteiger partial charge in [-0.2, -0.15) is 5.10 Å². The average Bonchev–Trinajstić information content (AvgIpc) is 2.95. The van der Waals surface area contributed by atoms with Crippen LogP contribution in [0.3, 0.4) is 0 Å². The van der Waals surface area contributed by atoms with Crippen molar-refractivity contribution < 1.29 is 9.59 Å². The van der Waals surface area contributed by atoms with E-state index in [0.717, 1.165) is 5.69 Å². The van der Waals surface area contributed by atoms with Crippen LogP contribution in [0.2, 0.25) is 5.02 Å². The molecule has 23 heavy (non-hydrogen) atoms. The lowest BCUT2D eigenvalue weighted by atomic mass is 10.3. The Labute approximate surface area is 139 Å². The van der Waals surface area contributed by atoms with Gasteiger partial charge in [0.15, 0.2) is 0 Å². The Morgan fingerprint density at radius 3 is 2.74 bits per heavy atom. The van der Waals surface area contributed by atoms with Crippen LogP contribution in [0.25, 0.3) is 5.69 Å². The first-order valence-electron chi connectivity index (χ1n) is 7.02. The molecule has 0 atom stereocenters. The van der Waals surface area contributed by atoms with Gasteiger partial charge in [0.05, 0.1) is 28.8 Å². The highest BCUT2D eigenvalue weighted by Crippen LogP contribution is 2.20. The second-order valence-corrected chi connectivity index (χ2v) is 5.45. The van der Waals surface area contributed by atoms with Crippen molar-refractivity contribution in [2.45, 2.75) is 6.42 Å². The highest BCUT2D eigenvalue weighted by atomic mass is 35.5. The molecule has 2 rings (SSSR count). The summed E-state index contributed by atoms with van der Waals surface area (Å²) in [7, 11) is 3.34. The molecule has 0 saturated heterocycles. The van der Waals surface area contributed by atoms with Gasteiger partial charge in [-0.3, -0.25) is 4.79 Å². The normalized spacial score (nSPS) is 10.2.